The Labute approximate surface area is 346 Å². The van der Waals surface area contributed by atoms with Gasteiger partial charge in [0, 0.05) is 36.9 Å². The monoisotopic (exact) mass is 769 g/mol. The maximum absolute atomic E-state index is 5.09. The molecule has 0 spiro atoms. The summed E-state index contributed by atoms with van der Waals surface area (Å²) >= 11 is 1.87. The Hall–Kier alpha value is -7.53. The smallest absolute Gasteiger partial charge is 0.164 e. The Morgan fingerprint density at radius 1 is 0.271 bits per heavy atom. The quantitative estimate of drug-likeness (QED) is 0.162. The van der Waals surface area contributed by atoms with E-state index in [-0.39, 0.29) is 0 Å². The third-order valence-electron chi connectivity index (χ3n) is 11.2. The molecule has 276 valence electrons. The fourth-order valence-electron chi connectivity index (χ4n) is 8.12. The number of thiophene rings is 1. The zero-order valence-corrected chi connectivity index (χ0v) is 32.8. The Morgan fingerprint density at radius 3 is 1.41 bits per heavy atom. The molecule has 0 saturated carbocycles. The maximum atomic E-state index is 5.09. The minimum atomic E-state index is 0.637. The van der Waals surface area contributed by atoms with Crippen molar-refractivity contribution in [3.05, 3.63) is 212 Å². The van der Waals surface area contributed by atoms with E-state index in [0.717, 1.165) is 38.9 Å². The van der Waals surface area contributed by atoms with Crippen LogP contribution in [0.4, 0.5) is 0 Å². The summed E-state index contributed by atoms with van der Waals surface area (Å²) in [6.45, 7) is 0. The maximum Gasteiger partial charge on any atom is 0.164 e. The molecule has 0 bridgehead atoms. The molecule has 0 N–H and O–H groups in total. The van der Waals surface area contributed by atoms with Crippen LogP contribution >= 0.6 is 11.3 Å². The van der Waals surface area contributed by atoms with Crippen molar-refractivity contribution >= 4 is 42.3 Å². The van der Waals surface area contributed by atoms with E-state index in [0.29, 0.717) is 17.5 Å². The van der Waals surface area contributed by atoms with Crippen LogP contribution in [-0.4, -0.2) is 15.0 Å². The highest BCUT2D eigenvalue weighted by atomic mass is 32.1. The summed E-state index contributed by atoms with van der Waals surface area (Å²) in [4.78, 5) is 15.1. The van der Waals surface area contributed by atoms with Gasteiger partial charge in [0.1, 0.15) is 0 Å². The molecule has 0 aliphatic rings. The van der Waals surface area contributed by atoms with Gasteiger partial charge in [-0.3, -0.25) is 0 Å². The third-order valence-corrected chi connectivity index (χ3v) is 12.4. The molecular weight excluding hydrogens is 735 g/mol. The van der Waals surface area contributed by atoms with Gasteiger partial charge >= 0.3 is 0 Å². The molecule has 0 unspecified atom stereocenters. The Balaban J connectivity index is 0.908. The molecule has 0 atom stereocenters. The van der Waals surface area contributed by atoms with E-state index in [1.54, 1.807) is 0 Å². The van der Waals surface area contributed by atoms with Crippen LogP contribution in [-0.2, 0) is 0 Å². The minimum Gasteiger partial charge on any atom is -0.208 e. The second-order valence-corrected chi connectivity index (χ2v) is 15.8. The summed E-state index contributed by atoms with van der Waals surface area (Å²) in [5.74, 6) is 1.93. The van der Waals surface area contributed by atoms with Crippen molar-refractivity contribution in [1.29, 1.82) is 0 Å². The number of aromatic nitrogens is 3. The lowest BCUT2D eigenvalue weighted by atomic mass is 9.96. The zero-order chi connectivity index (χ0) is 39.1. The van der Waals surface area contributed by atoms with E-state index in [9.17, 15) is 0 Å². The van der Waals surface area contributed by atoms with Gasteiger partial charge in [-0.25, -0.2) is 15.0 Å². The molecule has 59 heavy (non-hydrogen) atoms. The van der Waals surface area contributed by atoms with Crippen LogP contribution in [0, 0.1) is 0 Å². The van der Waals surface area contributed by atoms with Crippen LogP contribution in [0.3, 0.4) is 0 Å². The molecule has 9 aromatic carbocycles. The van der Waals surface area contributed by atoms with Gasteiger partial charge in [0.15, 0.2) is 17.5 Å². The fraction of sp³-hybridized carbons (Fsp3) is 0. The van der Waals surface area contributed by atoms with Gasteiger partial charge in [-0.05, 0) is 73.5 Å². The van der Waals surface area contributed by atoms with Gasteiger partial charge in [0.2, 0.25) is 0 Å². The van der Waals surface area contributed by atoms with Crippen LogP contribution in [0.1, 0.15) is 0 Å². The first-order valence-electron chi connectivity index (χ1n) is 19.8. The van der Waals surface area contributed by atoms with Crippen molar-refractivity contribution in [3.8, 4) is 78.7 Å². The second kappa shape index (κ2) is 14.8. The average molecular weight is 770 g/mol. The normalized spacial score (nSPS) is 11.4. The van der Waals surface area contributed by atoms with E-state index in [1.165, 1.54) is 53.2 Å². The standard InChI is InChI=1S/C55H35N3S/c1-3-12-39(13-4-1)46-16-7-8-18-50(46)55-57-53(41-14-5-2-6-15-41)56-54(58-55)42-30-24-37(25-31-42)44-33-27-38-26-32-43(34-45(38)35-44)36-22-28-40(29-23-36)47-19-11-20-49-48-17-9-10-21-51(48)59-52(47)49/h1-35H. The van der Waals surface area contributed by atoms with Crippen molar-refractivity contribution in [2.75, 3.05) is 0 Å². The van der Waals surface area contributed by atoms with Crippen molar-refractivity contribution in [2.24, 2.45) is 0 Å². The van der Waals surface area contributed by atoms with Crippen molar-refractivity contribution in [2.45, 2.75) is 0 Å². The molecule has 11 aromatic rings. The molecule has 3 nitrogen and oxygen atoms in total. The Bertz CT molecular complexity index is 3300. The highest BCUT2D eigenvalue weighted by Crippen LogP contribution is 2.40. The number of fused-ring (bicyclic) bond motifs is 4. The van der Waals surface area contributed by atoms with Crippen LogP contribution in [0.25, 0.3) is 110 Å². The lowest BCUT2D eigenvalue weighted by Gasteiger charge is -2.12. The topological polar surface area (TPSA) is 38.7 Å². The highest BCUT2D eigenvalue weighted by Gasteiger charge is 2.16. The van der Waals surface area contributed by atoms with Crippen molar-refractivity contribution in [1.82, 2.24) is 15.0 Å². The van der Waals surface area contributed by atoms with Crippen molar-refractivity contribution in [3.63, 3.8) is 0 Å². The van der Waals surface area contributed by atoms with Crippen molar-refractivity contribution < 1.29 is 0 Å². The van der Waals surface area contributed by atoms with Crippen LogP contribution in [0.2, 0.25) is 0 Å². The van der Waals surface area contributed by atoms with E-state index >= 15 is 0 Å². The first kappa shape index (κ1) is 34.7. The molecule has 0 aliphatic heterocycles. The molecule has 0 aliphatic carbocycles. The summed E-state index contributed by atoms with van der Waals surface area (Å²) in [5.41, 5.74) is 12.3. The SMILES string of the molecule is c1ccc(-c2nc(-c3ccc(-c4ccc5ccc(-c6ccc(-c7cccc8c7sc7ccccc78)cc6)cc5c4)cc3)nc(-c3ccccc3-c3ccccc3)n2)cc1. The molecule has 2 aromatic heterocycles. The van der Waals surface area contributed by atoms with Gasteiger partial charge < -0.3 is 0 Å². The summed E-state index contributed by atoms with van der Waals surface area (Å²) in [5, 5.41) is 5.07. The minimum absolute atomic E-state index is 0.637. The average Bonchev–Trinajstić information content (AvgIpc) is 3.71. The van der Waals surface area contributed by atoms with Gasteiger partial charge in [-0.2, -0.15) is 0 Å². The van der Waals surface area contributed by atoms with Gasteiger partial charge in [0.05, 0.1) is 0 Å². The molecule has 0 amide bonds. The van der Waals surface area contributed by atoms with Crippen LogP contribution in [0.5, 0.6) is 0 Å². The van der Waals surface area contributed by atoms with Gasteiger partial charge in [-0.1, -0.05) is 194 Å². The summed E-state index contributed by atoms with van der Waals surface area (Å²) in [6, 6.07) is 75.3. The molecule has 4 heteroatoms. The molecular formula is C55H35N3S. The number of hydrogen-bond acceptors (Lipinski definition) is 4. The summed E-state index contributed by atoms with van der Waals surface area (Å²) in [7, 11) is 0. The van der Waals surface area contributed by atoms with Gasteiger partial charge in [-0.15, -0.1) is 11.3 Å². The number of hydrogen-bond donors (Lipinski definition) is 0. The molecule has 2 heterocycles. The zero-order valence-electron chi connectivity index (χ0n) is 32.0. The molecule has 0 saturated heterocycles. The molecule has 0 radical (unpaired) electrons. The highest BCUT2D eigenvalue weighted by molar-refractivity contribution is 7.26. The fourth-order valence-corrected chi connectivity index (χ4v) is 9.36. The van der Waals surface area contributed by atoms with Crippen LogP contribution < -0.4 is 0 Å². The molecule has 11 rings (SSSR count). The summed E-state index contributed by atoms with van der Waals surface area (Å²) in [6.07, 6.45) is 0. The summed E-state index contributed by atoms with van der Waals surface area (Å²) < 4.78 is 2.67. The lowest BCUT2D eigenvalue weighted by molar-refractivity contribution is 1.07. The number of benzene rings is 9. The lowest BCUT2D eigenvalue weighted by Crippen LogP contribution is -2.01. The van der Waals surface area contributed by atoms with E-state index in [4.69, 9.17) is 15.0 Å². The predicted molar refractivity (Wildman–Crippen MR) is 248 cm³/mol. The molecule has 0 fully saturated rings. The predicted octanol–water partition coefficient (Wildman–Crippen LogP) is 15.1. The first-order chi connectivity index (χ1) is 29.2. The number of rotatable bonds is 7. The first-order valence-corrected chi connectivity index (χ1v) is 20.7. The number of nitrogens with zero attached hydrogens (tertiary/aromatic N) is 3. The van der Waals surface area contributed by atoms with E-state index < -0.39 is 0 Å². The Kier molecular flexibility index (Phi) is 8.68. The largest absolute Gasteiger partial charge is 0.208 e. The second-order valence-electron chi connectivity index (χ2n) is 14.8. The van der Waals surface area contributed by atoms with E-state index in [1.807, 2.05) is 53.8 Å². The van der Waals surface area contributed by atoms with Crippen LogP contribution in [0.15, 0.2) is 212 Å². The Morgan fingerprint density at radius 2 is 0.729 bits per heavy atom. The van der Waals surface area contributed by atoms with Gasteiger partial charge in [0.25, 0.3) is 0 Å². The van der Waals surface area contributed by atoms with E-state index in [2.05, 4.69) is 170 Å². The third kappa shape index (κ3) is 6.56.